The number of carbonyl (C=O) groups excluding carboxylic acids is 1. The zero-order valence-electron chi connectivity index (χ0n) is 10.3. The van der Waals surface area contributed by atoms with E-state index in [1.807, 2.05) is 0 Å². The van der Waals surface area contributed by atoms with E-state index in [4.69, 9.17) is 4.74 Å². The first kappa shape index (κ1) is 13.0. The van der Waals surface area contributed by atoms with Crippen molar-refractivity contribution in [3.05, 3.63) is 29.6 Å². The van der Waals surface area contributed by atoms with Crippen LogP contribution in [0.4, 0.5) is 10.1 Å². The standard InChI is InChI=1S/C13H17FN2O2/c1-9-11(14)3-2-4-12(9)16-13(17)7-10-8-18-6-5-15-10/h2-4,10,15H,5-8H2,1H3,(H,16,17). The Kier molecular flexibility index (Phi) is 4.28. The Labute approximate surface area is 106 Å². The molecule has 1 aromatic rings. The highest BCUT2D eigenvalue weighted by Gasteiger charge is 2.17. The number of amides is 1. The molecule has 0 bridgehead atoms. The van der Waals surface area contributed by atoms with Crippen LogP contribution in [-0.4, -0.2) is 31.7 Å². The summed E-state index contributed by atoms with van der Waals surface area (Å²) in [7, 11) is 0. The predicted molar refractivity (Wildman–Crippen MR) is 67.0 cm³/mol. The van der Waals surface area contributed by atoms with Crippen molar-refractivity contribution >= 4 is 11.6 Å². The van der Waals surface area contributed by atoms with Crippen LogP contribution in [0.1, 0.15) is 12.0 Å². The summed E-state index contributed by atoms with van der Waals surface area (Å²) in [6.45, 7) is 3.63. The van der Waals surface area contributed by atoms with Gasteiger partial charge >= 0.3 is 0 Å². The van der Waals surface area contributed by atoms with E-state index in [2.05, 4.69) is 10.6 Å². The molecule has 1 saturated heterocycles. The normalized spacial score (nSPS) is 19.6. The second-order valence-corrected chi connectivity index (χ2v) is 4.39. The van der Waals surface area contributed by atoms with E-state index >= 15 is 0 Å². The molecular weight excluding hydrogens is 235 g/mol. The van der Waals surface area contributed by atoms with E-state index in [1.54, 1.807) is 19.1 Å². The highest BCUT2D eigenvalue weighted by atomic mass is 19.1. The lowest BCUT2D eigenvalue weighted by molar-refractivity contribution is -0.117. The molecule has 2 rings (SSSR count). The Morgan fingerprint density at radius 2 is 2.44 bits per heavy atom. The number of ether oxygens (including phenoxy) is 1. The van der Waals surface area contributed by atoms with Crippen molar-refractivity contribution in [2.45, 2.75) is 19.4 Å². The molecule has 4 nitrogen and oxygen atoms in total. The highest BCUT2D eigenvalue weighted by molar-refractivity contribution is 5.91. The van der Waals surface area contributed by atoms with Gasteiger partial charge in [-0.3, -0.25) is 4.79 Å². The summed E-state index contributed by atoms with van der Waals surface area (Å²) in [5.74, 6) is -0.446. The SMILES string of the molecule is Cc1c(F)cccc1NC(=O)CC1COCCN1. The fourth-order valence-corrected chi connectivity index (χ4v) is 1.92. The number of hydrogen-bond donors (Lipinski definition) is 2. The lowest BCUT2D eigenvalue weighted by Crippen LogP contribution is -2.43. The Hall–Kier alpha value is -1.46. The lowest BCUT2D eigenvalue weighted by Gasteiger charge is -2.23. The van der Waals surface area contributed by atoms with E-state index in [1.165, 1.54) is 6.07 Å². The third-order valence-corrected chi connectivity index (χ3v) is 2.97. The zero-order valence-corrected chi connectivity index (χ0v) is 10.3. The van der Waals surface area contributed by atoms with Crippen LogP contribution in [0.2, 0.25) is 0 Å². The number of benzene rings is 1. The molecule has 1 fully saturated rings. The van der Waals surface area contributed by atoms with Crippen LogP contribution in [0.25, 0.3) is 0 Å². The number of carbonyl (C=O) groups is 1. The van der Waals surface area contributed by atoms with Crippen LogP contribution < -0.4 is 10.6 Å². The van der Waals surface area contributed by atoms with Gasteiger partial charge in [-0.1, -0.05) is 6.07 Å². The van der Waals surface area contributed by atoms with Crippen LogP contribution in [-0.2, 0) is 9.53 Å². The minimum atomic E-state index is -0.313. The van der Waals surface area contributed by atoms with Crippen molar-refractivity contribution in [3.8, 4) is 0 Å². The summed E-state index contributed by atoms with van der Waals surface area (Å²) in [6, 6.07) is 4.69. The number of hydrogen-bond acceptors (Lipinski definition) is 3. The summed E-state index contributed by atoms with van der Waals surface area (Å²) in [5.41, 5.74) is 0.982. The molecule has 98 valence electrons. The molecule has 0 aliphatic carbocycles. The van der Waals surface area contributed by atoms with Crippen LogP contribution in [0.15, 0.2) is 18.2 Å². The first-order valence-corrected chi connectivity index (χ1v) is 6.03. The molecule has 1 aliphatic heterocycles. The zero-order chi connectivity index (χ0) is 13.0. The average Bonchev–Trinajstić information content (AvgIpc) is 2.36. The summed E-state index contributed by atoms with van der Waals surface area (Å²) in [5, 5.41) is 5.93. The molecule has 0 aromatic heterocycles. The van der Waals surface area contributed by atoms with Crippen molar-refractivity contribution in [2.75, 3.05) is 25.1 Å². The number of halogens is 1. The maximum Gasteiger partial charge on any atom is 0.226 e. The molecule has 1 amide bonds. The minimum Gasteiger partial charge on any atom is -0.378 e. The molecule has 2 N–H and O–H groups in total. The number of rotatable bonds is 3. The van der Waals surface area contributed by atoms with Gasteiger partial charge < -0.3 is 15.4 Å². The quantitative estimate of drug-likeness (QED) is 0.856. The van der Waals surface area contributed by atoms with Gasteiger partial charge in [-0.25, -0.2) is 4.39 Å². The van der Waals surface area contributed by atoms with Crippen molar-refractivity contribution in [3.63, 3.8) is 0 Å². The van der Waals surface area contributed by atoms with Crippen molar-refractivity contribution in [1.29, 1.82) is 0 Å². The van der Waals surface area contributed by atoms with Gasteiger partial charge in [-0.2, -0.15) is 0 Å². The highest BCUT2D eigenvalue weighted by Crippen LogP contribution is 2.17. The third kappa shape index (κ3) is 3.27. The monoisotopic (exact) mass is 252 g/mol. The number of anilines is 1. The number of morpholine rings is 1. The van der Waals surface area contributed by atoms with Gasteiger partial charge in [0.15, 0.2) is 0 Å². The van der Waals surface area contributed by atoms with E-state index in [-0.39, 0.29) is 17.8 Å². The second kappa shape index (κ2) is 5.93. The largest absolute Gasteiger partial charge is 0.378 e. The lowest BCUT2D eigenvalue weighted by atomic mass is 10.1. The van der Waals surface area contributed by atoms with E-state index < -0.39 is 0 Å². The van der Waals surface area contributed by atoms with E-state index in [0.29, 0.717) is 30.9 Å². The molecule has 1 atom stereocenters. The van der Waals surface area contributed by atoms with E-state index in [0.717, 1.165) is 6.54 Å². The fraction of sp³-hybridized carbons (Fsp3) is 0.462. The van der Waals surface area contributed by atoms with Gasteiger partial charge in [-0.15, -0.1) is 0 Å². The Morgan fingerprint density at radius 1 is 1.61 bits per heavy atom. The molecule has 18 heavy (non-hydrogen) atoms. The Morgan fingerprint density at radius 3 is 3.17 bits per heavy atom. The first-order valence-electron chi connectivity index (χ1n) is 6.03. The molecule has 0 saturated carbocycles. The molecule has 1 aromatic carbocycles. The van der Waals surface area contributed by atoms with Gasteiger partial charge in [0.25, 0.3) is 0 Å². The minimum absolute atomic E-state index is 0.0348. The molecule has 0 radical (unpaired) electrons. The first-order chi connectivity index (χ1) is 8.66. The van der Waals surface area contributed by atoms with Crippen LogP contribution >= 0.6 is 0 Å². The van der Waals surface area contributed by atoms with Crippen molar-refractivity contribution in [1.82, 2.24) is 5.32 Å². The van der Waals surface area contributed by atoms with Gasteiger partial charge in [0.1, 0.15) is 5.82 Å². The second-order valence-electron chi connectivity index (χ2n) is 4.39. The van der Waals surface area contributed by atoms with Gasteiger partial charge in [-0.05, 0) is 19.1 Å². The molecule has 1 heterocycles. The van der Waals surface area contributed by atoms with Crippen LogP contribution in [0, 0.1) is 12.7 Å². The third-order valence-electron chi connectivity index (χ3n) is 2.97. The fourth-order valence-electron chi connectivity index (χ4n) is 1.92. The maximum atomic E-state index is 13.3. The average molecular weight is 252 g/mol. The van der Waals surface area contributed by atoms with Crippen molar-refractivity contribution in [2.24, 2.45) is 0 Å². The molecular formula is C13H17FN2O2. The van der Waals surface area contributed by atoms with Crippen molar-refractivity contribution < 1.29 is 13.9 Å². The maximum absolute atomic E-state index is 13.3. The van der Waals surface area contributed by atoms with Gasteiger partial charge in [0.05, 0.1) is 13.2 Å². The van der Waals surface area contributed by atoms with Gasteiger partial charge in [0.2, 0.25) is 5.91 Å². The summed E-state index contributed by atoms with van der Waals surface area (Å²) >= 11 is 0. The summed E-state index contributed by atoms with van der Waals surface area (Å²) < 4.78 is 18.6. The topological polar surface area (TPSA) is 50.4 Å². The molecule has 5 heteroatoms. The van der Waals surface area contributed by atoms with E-state index in [9.17, 15) is 9.18 Å². The predicted octanol–water partition coefficient (Wildman–Crippen LogP) is 1.45. The Bertz CT molecular complexity index is 431. The Balaban J connectivity index is 1.92. The smallest absolute Gasteiger partial charge is 0.226 e. The summed E-state index contributed by atoms with van der Waals surface area (Å²) in [6.07, 6.45) is 0.329. The molecule has 0 spiro atoms. The van der Waals surface area contributed by atoms with Gasteiger partial charge in [0, 0.05) is 30.3 Å². The summed E-state index contributed by atoms with van der Waals surface area (Å²) in [4.78, 5) is 11.8. The van der Waals surface area contributed by atoms with Crippen LogP contribution in [0.3, 0.4) is 0 Å². The van der Waals surface area contributed by atoms with Crippen LogP contribution in [0.5, 0.6) is 0 Å². The molecule has 1 aliphatic rings. The number of nitrogens with one attached hydrogen (secondary N) is 2. The molecule has 1 unspecified atom stereocenters.